The maximum absolute atomic E-state index is 12.2. The van der Waals surface area contributed by atoms with E-state index in [0.29, 0.717) is 6.54 Å². The molecule has 0 bridgehead atoms. The van der Waals surface area contributed by atoms with Crippen molar-refractivity contribution in [1.29, 1.82) is 0 Å². The van der Waals surface area contributed by atoms with E-state index in [4.69, 9.17) is 4.74 Å². The number of methoxy groups -OCH3 is 1. The van der Waals surface area contributed by atoms with Crippen molar-refractivity contribution in [3.05, 3.63) is 54.1 Å². The number of hydrogen-bond donors (Lipinski definition) is 1. The molecular weight excluding hydrogens is 414 g/mol. The molecule has 8 nitrogen and oxygen atoms in total. The van der Waals surface area contributed by atoms with Crippen LogP contribution in [0.1, 0.15) is 5.56 Å². The molecule has 3 rings (SSSR count). The van der Waals surface area contributed by atoms with E-state index in [1.807, 2.05) is 30.3 Å². The first kappa shape index (κ1) is 22.9. The number of anilines is 1. The Kier molecular flexibility index (Phi) is 7.40. The number of benzene rings is 2. The van der Waals surface area contributed by atoms with E-state index in [1.165, 1.54) is 18.4 Å². The molecule has 0 aliphatic carbocycles. The molecule has 1 heterocycles. The Morgan fingerprint density at radius 2 is 1.71 bits per heavy atom. The minimum absolute atomic E-state index is 0.290. The van der Waals surface area contributed by atoms with Crippen LogP contribution in [0.2, 0.25) is 0 Å². The molecule has 1 aliphatic rings. The molecule has 1 fully saturated rings. The normalized spacial score (nSPS) is 15.3. The molecule has 0 unspecified atom stereocenters. The van der Waals surface area contributed by atoms with Crippen LogP contribution in [0.3, 0.4) is 0 Å². The average Bonchev–Trinajstić information content (AvgIpc) is 2.80. The third-order valence-electron chi connectivity index (χ3n) is 5.37. The van der Waals surface area contributed by atoms with E-state index in [2.05, 4.69) is 26.2 Å². The van der Waals surface area contributed by atoms with Gasteiger partial charge in [-0.15, -0.1) is 0 Å². The molecule has 0 saturated carbocycles. The van der Waals surface area contributed by atoms with Gasteiger partial charge in [-0.1, -0.05) is 24.3 Å². The minimum atomic E-state index is -3.41. The Balaban J connectivity index is 1.57. The number of ether oxygens (including phenoxy) is 1. The number of nitrogens with zero attached hydrogens (tertiary/aromatic N) is 4. The molecule has 1 saturated heterocycles. The van der Waals surface area contributed by atoms with E-state index in [1.54, 1.807) is 26.3 Å². The largest absolute Gasteiger partial charge is 0.495 e. The third kappa shape index (κ3) is 5.29. The Bertz CT molecular complexity index is 998. The van der Waals surface area contributed by atoms with Gasteiger partial charge in [0, 0.05) is 53.9 Å². The van der Waals surface area contributed by atoms with Crippen LogP contribution in [0.15, 0.2) is 58.4 Å². The molecule has 2 aromatic carbocycles. The third-order valence-corrected chi connectivity index (χ3v) is 7.20. The molecule has 0 spiro atoms. The van der Waals surface area contributed by atoms with Gasteiger partial charge in [-0.3, -0.25) is 4.99 Å². The molecule has 1 aliphatic heterocycles. The van der Waals surface area contributed by atoms with Crippen molar-refractivity contribution in [2.45, 2.75) is 11.4 Å². The van der Waals surface area contributed by atoms with Crippen LogP contribution in [-0.4, -0.2) is 78.0 Å². The molecule has 9 heteroatoms. The van der Waals surface area contributed by atoms with E-state index >= 15 is 0 Å². The number of sulfonamides is 1. The van der Waals surface area contributed by atoms with Gasteiger partial charge in [-0.2, -0.15) is 0 Å². The van der Waals surface area contributed by atoms with E-state index < -0.39 is 10.0 Å². The zero-order valence-electron chi connectivity index (χ0n) is 18.6. The van der Waals surface area contributed by atoms with E-state index in [9.17, 15) is 8.42 Å². The standard InChI is InChI=1S/C22H31N5O3S/c1-23-22(24-17-18-9-11-19(12-10-18)31(28,29)25(2)3)27-15-13-26(14-16-27)20-7-5-6-8-21(20)30-4/h5-12H,13-17H2,1-4H3,(H,23,24). The first-order chi connectivity index (χ1) is 14.9. The van der Waals surface area contributed by atoms with Crippen molar-refractivity contribution in [2.24, 2.45) is 4.99 Å². The van der Waals surface area contributed by atoms with Gasteiger partial charge in [0.05, 0.1) is 17.7 Å². The van der Waals surface area contributed by atoms with Gasteiger partial charge in [0.15, 0.2) is 5.96 Å². The lowest BCUT2D eigenvalue weighted by Gasteiger charge is -2.38. The summed E-state index contributed by atoms with van der Waals surface area (Å²) in [5, 5.41) is 3.39. The van der Waals surface area contributed by atoms with Gasteiger partial charge in [0.25, 0.3) is 0 Å². The highest BCUT2D eigenvalue weighted by molar-refractivity contribution is 7.89. The molecule has 2 aromatic rings. The number of guanidine groups is 1. The van der Waals surface area contributed by atoms with Gasteiger partial charge >= 0.3 is 0 Å². The number of rotatable bonds is 6. The first-order valence-corrected chi connectivity index (χ1v) is 11.7. The van der Waals surface area contributed by atoms with Gasteiger partial charge in [-0.25, -0.2) is 12.7 Å². The first-order valence-electron chi connectivity index (χ1n) is 10.2. The average molecular weight is 446 g/mol. The van der Waals surface area contributed by atoms with Gasteiger partial charge in [0.1, 0.15) is 5.75 Å². The number of para-hydroxylation sites is 2. The lowest BCUT2D eigenvalue weighted by molar-refractivity contribution is 0.367. The zero-order chi connectivity index (χ0) is 22.4. The maximum atomic E-state index is 12.2. The van der Waals surface area contributed by atoms with Crippen molar-refractivity contribution in [1.82, 2.24) is 14.5 Å². The van der Waals surface area contributed by atoms with Gasteiger partial charge < -0.3 is 19.9 Å². The van der Waals surface area contributed by atoms with E-state index in [0.717, 1.165) is 49.1 Å². The maximum Gasteiger partial charge on any atom is 0.242 e. The summed E-state index contributed by atoms with van der Waals surface area (Å²) in [6.07, 6.45) is 0. The topological polar surface area (TPSA) is 77.5 Å². The fourth-order valence-electron chi connectivity index (χ4n) is 3.55. The molecule has 0 amide bonds. The predicted octanol–water partition coefficient (Wildman–Crippen LogP) is 1.84. The summed E-state index contributed by atoms with van der Waals surface area (Å²) in [5.41, 5.74) is 2.10. The van der Waals surface area contributed by atoms with Gasteiger partial charge in [0.2, 0.25) is 10.0 Å². The van der Waals surface area contributed by atoms with Crippen LogP contribution in [0.5, 0.6) is 5.75 Å². The SMILES string of the molecule is CN=C(NCc1ccc(S(=O)(=O)N(C)C)cc1)N1CCN(c2ccccc2OC)CC1. The summed E-state index contributed by atoms with van der Waals surface area (Å²) in [6, 6.07) is 15.0. The van der Waals surface area contributed by atoms with Crippen LogP contribution < -0.4 is 15.0 Å². The minimum Gasteiger partial charge on any atom is -0.495 e. The summed E-state index contributed by atoms with van der Waals surface area (Å²) in [6.45, 7) is 4.01. The smallest absolute Gasteiger partial charge is 0.242 e. The molecule has 168 valence electrons. The molecule has 1 N–H and O–H groups in total. The van der Waals surface area contributed by atoms with Crippen molar-refractivity contribution >= 4 is 21.7 Å². The second kappa shape index (κ2) is 10.0. The summed E-state index contributed by atoms with van der Waals surface area (Å²) in [7, 11) is 3.12. The summed E-state index contributed by atoms with van der Waals surface area (Å²) in [5.74, 6) is 1.72. The molecule has 31 heavy (non-hydrogen) atoms. The Morgan fingerprint density at radius 3 is 2.29 bits per heavy atom. The second-order valence-electron chi connectivity index (χ2n) is 7.48. The molecule has 0 aromatic heterocycles. The zero-order valence-corrected chi connectivity index (χ0v) is 19.4. The van der Waals surface area contributed by atoms with Crippen LogP contribution >= 0.6 is 0 Å². The predicted molar refractivity (Wildman–Crippen MR) is 124 cm³/mol. The summed E-state index contributed by atoms with van der Waals surface area (Å²) < 4.78 is 31.1. The molecule has 0 radical (unpaired) electrons. The number of nitrogens with one attached hydrogen (secondary N) is 1. The highest BCUT2D eigenvalue weighted by atomic mass is 32.2. The second-order valence-corrected chi connectivity index (χ2v) is 9.63. The lowest BCUT2D eigenvalue weighted by atomic mass is 10.2. The summed E-state index contributed by atoms with van der Waals surface area (Å²) >= 11 is 0. The Labute approximate surface area is 185 Å². The lowest BCUT2D eigenvalue weighted by Crippen LogP contribution is -2.52. The molecule has 0 atom stereocenters. The summed E-state index contributed by atoms with van der Waals surface area (Å²) in [4.78, 5) is 9.27. The Morgan fingerprint density at radius 1 is 1.06 bits per heavy atom. The van der Waals surface area contributed by atoms with Crippen molar-refractivity contribution in [3.63, 3.8) is 0 Å². The van der Waals surface area contributed by atoms with Crippen molar-refractivity contribution in [2.75, 3.05) is 59.3 Å². The number of hydrogen-bond acceptors (Lipinski definition) is 5. The fraction of sp³-hybridized carbons (Fsp3) is 0.409. The number of aliphatic imine (C=N–C) groups is 1. The van der Waals surface area contributed by atoms with Crippen LogP contribution in [0, 0.1) is 0 Å². The van der Waals surface area contributed by atoms with Crippen molar-refractivity contribution in [3.8, 4) is 5.75 Å². The van der Waals surface area contributed by atoms with Crippen LogP contribution in [0.25, 0.3) is 0 Å². The van der Waals surface area contributed by atoms with Crippen LogP contribution in [-0.2, 0) is 16.6 Å². The highest BCUT2D eigenvalue weighted by Gasteiger charge is 2.22. The number of piperazine rings is 1. The monoisotopic (exact) mass is 445 g/mol. The van der Waals surface area contributed by atoms with Crippen molar-refractivity contribution < 1.29 is 13.2 Å². The molecular formula is C22H31N5O3S. The van der Waals surface area contributed by atoms with E-state index in [-0.39, 0.29) is 4.90 Å². The van der Waals surface area contributed by atoms with Gasteiger partial charge in [-0.05, 0) is 29.8 Å². The van der Waals surface area contributed by atoms with Crippen LogP contribution in [0.4, 0.5) is 5.69 Å². The fourth-order valence-corrected chi connectivity index (χ4v) is 4.46. The quantitative estimate of drug-likeness (QED) is 0.540. The Hall–Kier alpha value is -2.78. The highest BCUT2D eigenvalue weighted by Crippen LogP contribution is 2.28.